The van der Waals surface area contributed by atoms with Crippen molar-refractivity contribution in [2.75, 3.05) is 0 Å². The minimum atomic E-state index is -1.10. The molecule has 0 bridgehead atoms. The summed E-state index contributed by atoms with van der Waals surface area (Å²) in [5, 5.41) is 0. The number of halogens is 2. The molecule has 6 nitrogen and oxygen atoms in total. The molecular weight excluding hydrogens is 220 g/mol. The van der Waals surface area contributed by atoms with E-state index in [0.29, 0.717) is 0 Å². The summed E-state index contributed by atoms with van der Waals surface area (Å²) in [6.45, 7) is 0. The summed E-state index contributed by atoms with van der Waals surface area (Å²) in [7, 11) is 0. The van der Waals surface area contributed by atoms with Crippen molar-refractivity contribution >= 4 is 23.6 Å². The first-order valence-corrected chi connectivity index (χ1v) is 3.02. The molecule has 0 fully saturated rings. The molecule has 12 heavy (non-hydrogen) atoms. The number of aromatic nitrogens is 3. The van der Waals surface area contributed by atoms with Gasteiger partial charge in [-0.05, 0) is 0 Å². The minimum absolute atomic E-state index is 0. The maximum Gasteiger partial charge on any atom is 1.00 e. The minimum Gasteiger partial charge on any atom is -0.257 e. The molecule has 9 heteroatoms. The average Bonchev–Trinajstić information content (AvgIpc) is 1.97. The third-order valence-electron chi connectivity index (χ3n) is 0.906. The quantitative estimate of drug-likeness (QED) is 0.450. The van der Waals surface area contributed by atoms with Crippen molar-refractivity contribution in [3.8, 4) is 0 Å². The zero-order valence-corrected chi connectivity index (χ0v) is 9.39. The van der Waals surface area contributed by atoms with E-state index in [9.17, 15) is 14.4 Å². The van der Waals surface area contributed by atoms with E-state index in [2.05, 4.69) is 0 Å². The Labute approximate surface area is 97.2 Å². The van der Waals surface area contributed by atoms with E-state index in [4.69, 9.17) is 23.6 Å². The molecule has 60 valence electrons. The molecule has 0 saturated heterocycles. The summed E-state index contributed by atoms with van der Waals surface area (Å²) >= 11 is 10.1. The van der Waals surface area contributed by atoms with Crippen LogP contribution in [-0.2, 0) is 0 Å². The summed E-state index contributed by atoms with van der Waals surface area (Å²) < 4.78 is 0.322. The van der Waals surface area contributed by atoms with E-state index in [1.54, 1.807) is 4.98 Å². The Morgan fingerprint density at radius 1 is 1.00 bits per heavy atom. The topological polar surface area (TPSA) is 76.9 Å². The van der Waals surface area contributed by atoms with Crippen LogP contribution in [0.15, 0.2) is 14.4 Å². The van der Waals surface area contributed by atoms with Crippen molar-refractivity contribution in [2.24, 2.45) is 0 Å². The standard InChI is InChI=1S/C3HCl2N3O3.Na/c4-7-1(9)6-2(10)8(5)3(7)11;/h(H,6,9,10);/q;+1. The Hall–Kier alpha value is -0.0100. The van der Waals surface area contributed by atoms with Crippen LogP contribution in [0.25, 0.3) is 0 Å². The maximum absolute atomic E-state index is 10.7. The second-order valence-corrected chi connectivity index (χ2v) is 2.26. The Kier molecular flexibility index (Phi) is 4.29. The van der Waals surface area contributed by atoms with Gasteiger partial charge in [-0.2, -0.15) is 0 Å². The summed E-state index contributed by atoms with van der Waals surface area (Å²) in [4.78, 5) is 33.4. The van der Waals surface area contributed by atoms with Gasteiger partial charge in [0.05, 0.1) is 0 Å². The van der Waals surface area contributed by atoms with Crippen LogP contribution in [0, 0.1) is 0 Å². The Bertz CT molecular complexity index is 408. The van der Waals surface area contributed by atoms with Crippen LogP contribution in [0.4, 0.5) is 0 Å². The SMILES string of the molecule is O=c1[nH]c(=O)n(Cl)c(=O)n1Cl.[Na+]. The number of hydrogen-bond acceptors (Lipinski definition) is 3. The molecule has 0 atom stereocenters. The largest absolute Gasteiger partial charge is 1.00 e. The van der Waals surface area contributed by atoms with Gasteiger partial charge in [-0.1, -0.05) is 0 Å². The number of aromatic amines is 1. The smallest absolute Gasteiger partial charge is 0.257 e. The summed E-state index contributed by atoms with van der Waals surface area (Å²) in [5.41, 5.74) is -3.13. The van der Waals surface area contributed by atoms with Gasteiger partial charge in [-0.15, -0.1) is 8.17 Å². The number of rotatable bonds is 0. The van der Waals surface area contributed by atoms with Crippen molar-refractivity contribution < 1.29 is 29.6 Å². The molecule has 1 aromatic rings. The molecule has 0 radical (unpaired) electrons. The Morgan fingerprint density at radius 3 is 1.67 bits per heavy atom. The molecule has 0 aliphatic rings. The fraction of sp³-hybridized carbons (Fsp3) is 0. The van der Waals surface area contributed by atoms with Gasteiger partial charge < -0.3 is 0 Å². The van der Waals surface area contributed by atoms with Gasteiger partial charge in [0.15, 0.2) is 0 Å². The van der Waals surface area contributed by atoms with Gasteiger partial charge in [0.2, 0.25) is 0 Å². The fourth-order valence-electron chi connectivity index (χ4n) is 0.440. The fourth-order valence-corrected chi connectivity index (χ4v) is 0.715. The van der Waals surface area contributed by atoms with Crippen LogP contribution < -0.4 is 46.6 Å². The first-order valence-electron chi connectivity index (χ1n) is 2.34. The second-order valence-electron chi connectivity index (χ2n) is 1.58. The third-order valence-corrected chi connectivity index (χ3v) is 1.50. The maximum atomic E-state index is 10.7. The van der Waals surface area contributed by atoms with Crippen LogP contribution in [0.1, 0.15) is 0 Å². The normalized spacial score (nSPS) is 9.17. The summed E-state index contributed by atoms with van der Waals surface area (Å²) in [6.07, 6.45) is 0. The Balaban J connectivity index is 0.00000121. The average molecular weight is 221 g/mol. The molecule has 1 rings (SSSR count). The predicted molar refractivity (Wildman–Crippen MR) is 38.1 cm³/mol. The monoisotopic (exact) mass is 220 g/mol. The van der Waals surface area contributed by atoms with Crippen molar-refractivity contribution in [2.45, 2.75) is 0 Å². The third kappa shape index (κ3) is 2.02. The van der Waals surface area contributed by atoms with Gasteiger partial charge in [0.1, 0.15) is 0 Å². The van der Waals surface area contributed by atoms with Crippen molar-refractivity contribution in [1.82, 2.24) is 13.2 Å². The molecule has 0 amide bonds. The predicted octanol–water partition coefficient (Wildman–Crippen LogP) is -4.29. The van der Waals surface area contributed by atoms with Crippen molar-refractivity contribution in [3.05, 3.63) is 31.5 Å². The molecule has 0 unspecified atom stereocenters. The van der Waals surface area contributed by atoms with E-state index in [1.807, 2.05) is 0 Å². The summed E-state index contributed by atoms with van der Waals surface area (Å²) in [5.74, 6) is 0. The van der Waals surface area contributed by atoms with Crippen LogP contribution in [0.5, 0.6) is 0 Å². The zero-order chi connectivity index (χ0) is 8.59. The van der Waals surface area contributed by atoms with Gasteiger partial charge in [0, 0.05) is 23.6 Å². The zero-order valence-electron chi connectivity index (χ0n) is 5.88. The molecule has 0 spiro atoms. The van der Waals surface area contributed by atoms with Crippen LogP contribution in [-0.4, -0.2) is 13.2 Å². The van der Waals surface area contributed by atoms with E-state index in [0.717, 1.165) is 0 Å². The molecule has 0 aromatic carbocycles. The Morgan fingerprint density at radius 2 is 1.33 bits per heavy atom. The summed E-state index contributed by atoms with van der Waals surface area (Å²) in [6, 6.07) is 0. The van der Waals surface area contributed by atoms with Crippen LogP contribution in [0.2, 0.25) is 0 Å². The number of nitrogens with one attached hydrogen (secondary N) is 1. The van der Waals surface area contributed by atoms with Crippen molar-refractivity contribution in [3.63, 3.8) is 0 Å². The van der Waals surface area contributed by atoms with Gasteiger partial charge in [-0.3, -0.25) is 4.98 Å². The van der Waals surface area contributed by atoms with E-state index < -0.39 is 17.1 Å². The molecule has 0 aliphatic heterocycles. The molecule has 0 aliphatic carbocycles. The molecule has 1 N–H and O–H groups in total. The first-order chi connectivity index (χ1) is 5.04. The molecule has 1 heterocycles. The second kappa shape index (κ2) is 4.29. The molecular formula is C3HCl2N3NaO3+. The number of hydrogen-bond donors (Lipinski definition) is 1. The van der Waals surface area contributed by atoms with Gasteiger partial charge in [0.25, 0.3) is 0 Å². The van der Waals surface area contributed by atoms with Gasteiger partial charge >= 0.3 is 46.6 Å². The number of nitrogens with zero attached hydrogens (tertiary/aromatic N) is 2. The van der Waals surface area contributed by atoms with E-state index >= 15 is 0 Å². The first kappa shape index (κ1) is 12.0. The van der Waals surface area contributed by atoms with E-state index in [-0.39, 0.29) is 37.7 Å². The number of H-pyrrole nitrogens is 1. The van der Waals surface area contributed by atoms with Crippen LogP contribution in [0.3, 0.4) is 0 Å². The van der Waals surface area contributed by atoms with E-state index in [1.165, 1.54) is 0 Å². The van der Waals surface area contributed by atoms with Crippen LogP contribution >= 0.6 is 23.6 Å². The van der Waals surface area contributed by atoms with Gasteiger partial charge in [-0.25, -0.2) is 14.4 Å². The molecule has 1 aromatic heterocycles. The molecule has 0 saturated carbocycles. The van der Waals surface area contributed by atoms with Crippen molar-refractivity contribution in [1.29, 1.82) is 0 Å².